The standard InChI is InChI=1S/C11H17NO3/c1-9(12(14)15)6-8-11(2)7-4-3-5-10(11)13/h6H,3-5,7-8H2,1-2H3/b9-6+. The summed E-state index contributed by atoms with van der Waals surface area (Å²) >= 11 is 0. The van der Waals surface area contributed by atoms with E-state index >= 15 is 0 Å². The van der Waals surface area contributed by atoms with Gasteiger partial charge >= 0.3 is 0 Å². The van der Waals surface area contributed by atoms with Gasteiger partial charge in [0, 0.05) is 18.8 Å². The average molecular weight is 211 g/mol. The second kappa shape index (κ2) is 4.55. The van der Waals surface area contributed by atoms with Gasteiger partial charge in [0.05, 0.1) is 4.92 Å². The summed E-state index contributed by atoms with van der Waals surface area (Å²) in [4.78, 5) is 21.7. The van der Waals surface area contributed by atoms with Gasteiger partial charge in [0.15, 0.2) is 0 Å². The Morgan fingerprint density at radius 1 is 1.60 bits per heavy atom. The summed E-state index contributed by atoms with van der Waals surface area (Å²) in [6.07, 6.45) is 5.57. The number of hydrogen-bond acceptors (Lipinski definition) is 3. The number of carbonyl (C=O) groups is 1. The molecule has 0 amide bonds. The highest BCUT2D eigenvalue weighted by molar-refractivity contribution is 5.85. The summed E-state index contributed by atoms with van der Waals surface area (Å²) in [6.45, 7) is 3.38. The van der Waals surface area contributed by atoms with Crippen molar-refractivity contribution in [2.45, 2.75) is 46.0 Å². The molecule has 0 aromatic heterocycles. The van der Waals surface area contributed by atoms with Crippen LogP contribution in [0.3, 0.4) is 0 Å². The molecule has 15 heavy (non-hydrogen) atoms. The van der Waals surface area contributed by atoms with Crippen molar-refractivity contribution in [3.05, 3.63) is 21.9 Å². The Hall–Kier alpha value is -1.19. The second-order valence-electron chi connectivity index (χ2n) is 4.50. The molecule has 0 bridgehead atoms. The van der Waals surface area contributed by atoms with Crippen LogP contribution in [0.15, 0.2) is 11.8 Å². The van der Waals surface area contributed by atoms with Crippen molar-refractivity contribution in [2.75, 3.05) is 0 Å². The molecule has 4 nitrogen and oxygen atoms in total. The molecule has 1 rings (SSSR count). The zero-order valence-corrected chi connectivity index (χ0v) is 9.28. The van der Waals surface area contributed by atoms with Gasteiger partial charge in [-0.3, -0.25) is 14.9 Å². The SMILES string of the molecule is C/C(=C\CC1(C)CCCCC1=O)[N+](=O)[O-]. The fraction of sp³-hybridized carbons (Fsp3) is 0.727. The lowest BCUT2D eigenvalue weighted by Crippen LogP contribution is -2.30. The fourth-order valence-electron chi connectivity index (χ4n) is 1.91. The molecule has 1 unspecified atom stereocenters. The van der Waals surface area contributed by atoms with Crippen molar-refractivity contribution in [2.24, 2.45) is 5.41 Å². The van der Waals surface area contributed by atoms with E-state index in [1.807, 2.05) is 6.92 Å². The second-order valence-corrected chi connectivity index (χ2v) is 4.50. The van der Waals surface area contributed by atoms with Crippen LogP contribution >= 0.6 is 0 Å². The monoisotopic (exact) mass is 211 g/mol. The highest BCUT2D eigenvalue weighted by Gasteiger charge is 2.34. The van der Waals surface area contributed by atoms with E-state index < -0.39 is 4.92 Å². The highest BCUT2D eigenvalue weighted by atomic mass is 16.6. The maximum Gasteiger partial charge on any atom is 0.239 e. The van der Waals surface area contributed by atoms with Gasteiger partial charge in [-0.25, -0.2) is 0 Å². The van der Waals surface area contributed by atoms with Gasteiger partial charge in [-0.1, -0.05) is 13.3 Å². The molecule has 0 aromatic carbocycles. The Morgan fingerprint density at radius 2 is 2.27 bits per heavy atom. The van der Waals surface area contributed by atoms with E-state index in [9.17, 15) is 14.9 Å². The molecule has 1 atom stereocenters. The molecule has 0 aromatic rings. The van der Waals surface area contributed by atoms with Crippen LogP contribution in [0.2, 0.25) is 0 Å². The van der Waals surface area contributed by atoms with Crippen molar-refractivity contribution in [1.82, 2.24) is 0 Å². The molecule has 0 spiro atoms. The van der Waals surface area contributed by atoms with E-state index in [2.05, 4.69) is 0 Å². The third-order valence-corrected chi connectivity index (χ3v) is 3.19. The normalized spacial score (nSPS) is 27.9. The highest BCUT2D eigenvalue weighted by Crippen LogP contribution is 2.36. The zero-order chi connectivity index (χ0) is 11.5. The van der Waals surface area contributed by atoms with E-state index in [1.165, 1.54) is 6.92 Å². The molecule has 1 aliphatic rings. The average Bonchev–Trinajstić information content (AvgIpc) is 2.19. The number of rotatable bonds is 3. The minimum Gasteiger partial charge on any atom is -0.299 e. The first-order chi connectivity index (χ1) is 6.96. The summed E-state index contributed by atoms with van der Waals surface area (Å²) in [5.74, 6) is 0.251. The molecular weight excluding hydrogens is 194 g/mol. The Labute approximate surface area is 89.5 Å². The summed E-state index contributed by atoms with van der Waals surface area (Å²) < 4.78 is 0. The molecule has 1 aliphatic carbocycles. The van der Waals surface area contributed by atoms with Crippen LogP contribution in [-0.4, -0.2) is 10.7 Å². The molecule has 0 radical (unpaired) electrons. The third-order valence-electron chi connectivity index (χ3n) is 3.19. The number of carbonyl (C=O) groups excluding carboxylic acids is 1. The molecule has 1 saturated carbocycles. The number of nitro groups is 1. The van der Waals surface area contributed by atoms with E-state index in [-0.39, 0.29) is 16.9 Å². The van der Waals surface area contributed by atoms with E-state index in [1.54, 1.807) is 6.08 Å². The fourth-order valence-corrected chi connectivity index (χ4v) is 1.91. The summed E-state index contributed by atoms with van der Waals surface area (Å²) in [5.41, 5.74) is -0.232. The number of ketones is 1. The van der Waals surface area contributed by atoms with Crippen LogP contribution in [0.5, 0.6) is 0 Å². The van der Waals surface area contributed by atoms with Gasteiger partial charge in [-0.2, -0.15) is 0 Å². The number of allylic oxidation sites excluding steroid dienone is 2. The van der Waals surface area contributed by atoms with Gasteiger partial charge in [0.2, 0.25) is 5.70 Å². The molecule has 0 N–H and O–H groups in total. The molecule has 84 valence electrons. The molecule has 0 heterocycles. The van der Waals surface area contributed by atoms with Crippen molar-refractivity contribution < 1.29 is 9.72 Å². The van der Waals surface area contributed by atoms with Crippen molar-refractivity contribution in [1.29, 1.82) is 0 Å². The Bertz CT molecular complexity index is 309. The van der Waals surface area contributed by atoms with Crippen LogP contribution in [0, 0.1) is 15.5 Å². The molecule has 0 aliphatic heterocycles. The number of nitrogens with zero attached hydrogens (tertiary/aromatic N) is 1. The molecule has 1 fully saturated rings. The molecular formula is C11H17NO3. The van der Waals surface area contributed by atoms with Gasteiger partial charge in [0.25, 0.3) is 0 Å². The van der Waals surface area contributed by atoms with Crippen molar-refractivity contribution >= 4 is 5.78 Å². The van der Waals surface area contributed by atoms with Crippen LogP contribution in [0.25, 0.3) is 0 Å². The third kappa shape index (κ3) is 2.88. The maximum atomic E-state index is 11.7. The van der Waals surface area contributed by atoms with Crippen molar-refractivity contribution in [3.8, 4) is 0 Å². The summed E-state index contributed by atoms with van der Waals surface area (Å²) in [7, 11) is 0. The van der Waals surface area contributed by atoms with Crippen LogP contribution in [0.4, 0.5) is 0 Å². The number of hydrogen-bond donors (Lipinski definition) is 0. The molecule has 0 saturated heterocycles. The minimum absolute atomic E-state index is 0.134. The zero-order valence-electron chi connectivity index (χ0n) is 9.28. The van der Waals surface area contributed by atoms with E-state index in [0.717, 1.165) is 19.3 Å². The van der Waals surface area contributed by atoms with E-state index in [0.29, 0.717) is 12.8 Å². The lowest BCUT2D eigenvalue weighted by molar-refractivity contribution is -0.424. The lowest BCUT2D eigenvalue weighted by atomic mass is 9.72. The maximum absolute atomic E-state index is 11.7. The summed E-state index contributed by atoms with van der Waals surface area (Å²) in [5, 5.41) is 10.4. The topological polar surface area (TPSA) is 60.2 Å². The van der Waals surface area contributed by atoms with Crippen LogP contribution in [0.1, 0.15) is 46.0 Å². The smallest absolute Gasteiger partial charge is 0.239 e. The van der Waals surface area contributed by atoms with Gasteiger partial charge in [-0.15, -0.1) is 0 Å². The van der Waals surface area contributed by atoms with Crippen molar-refractivity contribution in [3.63, 3.8) is 0 Å². The Balaban J connectivity index is 2.67. The predicted molar refractivity (Wildman–Crippen MR) is 57.0 cm³/mol. The first kappa shape index (κ1) is 11.9. The Morgan fingerprint density at radius 3 is 2.80 bits per heavy atom. The quantitative estimate of drug-likeness (QED) is 0.532. The van der Waals surface area contributed by atoms with Crippen LogP contribution < -0.4 is 0 Å². The predicted octanol–water partition coefficient (Wildman–Crippen LogP) is 2.71. The first-order valence-electron chi connectivity index (χ1n) is 5.30. The van der Waals surface area contributed by atoms with E-state index in [4.69, 9.17) is 0 Å². The summed E-state index contributed by atoms with van der Waals surface area (Å²) in [6, 6.07) is 0. The minimum atomic E-state index is -0.406. The number of Topliss-reactive ketones (excluding diaryl/α,β-unsaturated/α-hetero) is 1. The van der Waals surface area contributed by atoms with Gasteiger partial charge < -0.3 is 0 Å². The largest absolute Gasteiger partial charge is 0.299 e. The van der Waals surface area contributed by atoms with Gasteiger partial charge in [-0.05, 0) is 25.3 Å². The molecule has 4 heteroatoms. The van der Waals surface area contributed by atoms with Gasteiger partial charge in [0.1, 0.15) is 5.78 Å². The first-order valence-corrected chi connectivity index (χ1v) is 5.30. The Kier molecular flexibility index (Phi) is 3.61. The lowest BCUT2D eigenvalue weighted by Gasteiger charge is -2.30. The van der Waals surface area contributed by atoms with Crippen LogP contribution in [-0.2, 0) is 4.79 Å².